The van der Waals surface area contributed by atoms with Crippen molar-refractivity contribution in [2.24, 2.45) is 11.7 Å². The molecule has 0 saturated carbocycles. The van der Waals surface area contributed by atoms with Crippen LogP contribution in [0.15, 0.2) is 0 Å². The van der Waals surface area contributed by atoms with Crippen molar-refractivity contribution in [1.82, 2.24) is 4.90 Å². The first-order valence-corrected chi connectivity index (χ1v) is 7.29. The Morgan fingerprint density at radius 1 is 1.06 bits per heavy atom. The highest BCUT2D eigenvalue weighted by molar-refractivity contribution is 4.68. The molecule has 0 aromatic carbocycles. The minimum atomic E-state index is 0.772. The molecule has 96 valence electrons. The Kier molecular flexibility index (Phi) is 7.87. The Hall–Kier alpha value is -0.0800. The molecule has 0 amide bonds. The van der Waals surface area contributed by atoms with Crippen LogP contribution >= 0.6 is 0 Å². The lowest BCUT2D eigenvalue weighted by atomic mass is 9.97. The van der Waals surface area contributed by atoms with Gasteiger partial charge in [0.05, 0.1) is 0 Å². The summed E-state index contributed by atoms with van der Waals surface area (Å²) in [5.41, 5.74) is 5.85. The fraction of sp³-hybridized carbons (Fsp3) is 1.00. The molecular weight excluding hydrogens is 196 g/mol. The molecule has 0 bridgehead atoms. The van der Waals surface area contributed by atoms with Gasteiger partial charge < -0.3 is 10.6 Å². The van der Waals surface area contributed by atoms with Crippen molar-refractivity contribution < 1.29 is 0 Å². The number of hydrogen-bond acceptors (Lipinski definition) is 2. The van der Waals surface area contributed by atoms with E-state index >= 15 is 0 Å². The number of nitrogens with zero attached hydrogens (tertiary/aromatic N) is 1. The lowest BCUT2D eigenvalue weighted by Crippen LogP contribution is -2.32. The van der Waals surface area contributed by atoms with E-state index in [0.29, 0.717) is 0 Å². The van der Waals surface area contributed by atoms with Gasteiger partial charge in [0.1, 0.15) is 0 Å². The second kappa shape index (κ2) is 9.00. The lowest BCUT2D eigenvalue weighted by molar-refractivity contribution is 0.211. The van der Waals surface area contributed by atoms with Crippen molar-refractivity contribution in [2.75, 3.05) is 26.2 Å². The number of piperidine rings is 1. The molecule has 0 aromatic heterocycles. The number of nitrogens with two attached hydrogens (primary N) is 1. The molecule has 0 aliphatic carbocycles. The van der Waals surface area contributed by atoms with Gasteiger partial charge in [-0.3, -0.25) is 0 Å². The Labute approximate surface area is 102 Å². The molecular formula is C14H30N2. The molecule has 0 aromatic rings. The molecule has 2 nitrogen and oxygen atoms in total. The maximum absolute atomic E-state index is 5.85. The quantitative estimate of drug-likeness (QED) is 0.645. The molecule has 1 unspecified atom stereocenters. The second-order valence-corrected chi connectivity index (χ2v) is 5.29. The highest BCUT2D eigenvalue weighted by atomic mass is 15.1. The molecule has 2 N–H and O–H groups in total. The van der Waals surface area contributed by atoms with Crippen LogP contribution in [0.25, 0.3) is 0 Å². The van der Waals surface area contributed by atoms with Crippen LogP contribution in [0.5, 0.6) is 0 Å². The van der Waals surface area contributed by atoms with Gasteiger partial charge in [-0.15, -0.1) is 0 Å². The summed E-state index contributed by atoms with van der Waals surface area (Å²) in [6.45, 7) is 7.09. The van der Waals surface area contributed by atoms with E-state index in [2.05, 4.69) is 11.8 Å². The zero-order chi connectivity index (χ0) is 11.6. The van der Waals surface area contributed by atoms with Crippen molar-refractivity contribution in [2.45, 2.75) is 58.3 Å². The maximum Gasteiger partial charge on any atom is -0.00156 e. The number of likely N-dealkylation sites (tertiary alicyclic amines) is 1. The molecule has 1 aliphatic heterocycles. The molecule has 2 heteroatoms. The average Bonchev–Trinajstić information content (AvgIpc) is 2.35. The van der Waals surface area contributed by atoms with E-state index in [4.69, 9.17) is 5.73 Å². The molecule has 1 aliphatic rings. The maximum atomic E-state index is 5.85. The number of unbranched alkanes of at least 4 members (excludes halogenated alkanes) is 2. The molecule has 0 spiro atoms. The molecule has 16 heavy (non-hydrogen) atoms. The largest absolute Gasteiger partial charge is 0.330 e. The summed E-state index contributed by atoms with van der Waals surface area (Å²) >= 11 is 0. The van der Waals surface area contributed by atoms with Gasteiger partial charge in [-0.1, -0.05) is 32.6 Å². The van der Waals surface area contributed by atoms with Gasteiger partial charge in [0.25, 0.3) is 0 Å². The molecule has 1 atom stereocenters. The summed E-state index contributed by atoms with van der Waals surface area (Å²) < 4.78 is 0. The Bertz CT molecular complexity index is 153. The first-order valence-electron chi connectivity index (χ1n) is 7.29. The van der Waals surface area contributed by atoms with Crippen molar-refractivity contribution in [3.63, 3.8) is 0 Å². The predicted octanol–water partition coefficient (Wildman–Crippen LogP) is 3.02. The fourth-order valence-electron chi connectivity index (χ4n) is 2.61. The predicted molar refractivity (Wildman–Crippen MR) is 71.6 cm³/mol. The third-order valence-electron chi connectivity index (χ3n) is 3.85. The summed E-state index contributed by atoms with van der Waals surface area (Å²) in [7, 11) is 0. The van der Waals surface area contributed by atoms with E-state index in [1.165, 1.54) is 71.0 Å². The van der Waals surface area contributed by atoms with Crippen molar-refractivity contribution in [1.29, 1.82) is 0 Å². The highest BCUT2D eigenvalue weighted by Crippen LogP contribution is 2.15. The topological polar surface area (TPSA) is 29.3 Å². The SMILES string of the molecule is CCCCCC(CN)CCN1CCCCC1. The second-order valence-electron chi connectivity index (χ2n) is 5.29. The van der Waals surface area contributed by atoms with Crippen molar-refractivity contribution in [3.05, 3.63) is 0 Å². The van der Waals surface area contributed by atoms with Crippen LogP contribution in [0.2, 0.25) is 0 Å². The first-order chi connectivity index (χ1) is 7.86. The zero-order valence-corrected chi connectivity index (χ0v) is 11.1. The van der Waals surface area contributed by atoms with E-state index in [-0.39, 0.29) is 0 Å². The minimum Gasteiger partial charge on any atom is -0.330 e. The minimum absolute atomic E-state index is 0.772. The van der Waals surface area contributed by atoms with Crippen LogP contribution in [0.3, 0.4) is 0 Å². The molecule has 1 heterocycles. The standard InChI is InChI=1S/C14H30N2/c1-2-3-5-8-14(13-15)9-12-16-10-6-4-7-11-16/h14H,2-13,15H2,1H3. The fourth-order valence-corrected chi connectivity index (χ4v) is 2.61. The van der Waals surface area contributed by atoms with E-state index in [9.17, 15) is 0 Å². The van der Waals surface area contributed by atoms with Gasteiger partial charge in [-0.2, -0.15) is 0 Å². The van der Waals surface area contributed by atoms with E-state index in [1.54, 1.807) is 0 Å². The van der Waals surface area contributed by atoms with Gasteiger partial charge in [0, 0.05) is 0 Å². The number of hydrogen-bond donors (Lipinski definition) is 1. The van der Waals surface area contributed by atoms with Crippen LogP contribution in [0.4, 0.5) is 0 Å². The van der Waals surface area contributed by atoms with Gasteiger partial charge in [-0.25, -0.2) is 0 Å². The van der Waals surface area contributed by atoms with E-state index in [0.717, 1.165) is 12.5 Å². The van der Waals surface area contributed by atoms with Crippen LogP contribution in [0.1, 0.15) is 58.3 Å². The van der Waals surface area contributed by atoms with Gasteiger partial charge >= 0.3 is 0 Å². The third-order valence-corrected chi connectivity index (χ3v) is 3.85. The normalized spacial score (nSPS) is 19.9. The monoisotopic (exact) mass is 226 g/mol. The molecule has 1 saturated heterocycles. The summed E-state index contributed by atoms with van der Waals surface area (Å²) in [4.78, 5) is 2.63. The molecule has 0 radical (unpaired) electrons. The van der Waals surface area contributed by atoms with Crippen LogP contribution in [-0.2, 0) is 0 Å². The summed E-state index contributed by atoms with van der Waals surface area (Å²) in [5.74, 6) is 0.772. The zero-order valence-electron chi connectivity index (χ0n) is 11.1. The Morgan fingerprint density at radius 2 is 1.81 bits per heavy atom. The van der Waals surface area contributed by atoms with Crippen molar-refractivity contribution >= 4 is 0 Å². The van der Waals surface area contributed by atoms with E-state index < -0.39 is 0 Å². The average molecular weight is 226 g/mol. The van der Waals surface area contributed by atoms with Gasteiger partial charge in [-0.05, 0) is 57.8 Å². The summed E-state index contributed by atoms with van der Waals surface area (Å²) in [6.07, 6.45) is 11.0. The summed E-state index contributed by atoms with van der Waals surface area (Å²) in [6, 6.07) is 0. The van der Waals surface area contributed by atoms with Gasteiger partial charge in [0.15, 0.2) is 0 Å². The first kappa shape index (κ1) is 14.0. The van der Waals surface area contributed by atoms with Crippen molar-refractivity contribution in [3.8, 4) is 0 Å². The highest BCUT2D eigenvalue weighted by Gasteiger charge is 2.12. The number of rotatable bonds is 8. The van der Waals surface area contributed by atoms with Crippen LogP contribution in [0, 0.1) is 5.92 Å². The van der Waals surface area contributed by atoms with Crippen LogP contribution < -0.4 is 5.73 Å². The van der Waals surface area contributed by atoms with Crippen LogP contribution in [-0.4, -0.2) is 31.1 Å². The smallest absolute Gasteiger partial charge is 0.00156 e. The van der Waals surface area contributed by atoms with Gasteiger partial charge in [0.2, 0.25) is 0 Å². The molecule has 1 fully saturated rings. The lowest BCUT2D eigenvalue weighted by Gasteiger charge is -2.28. The van der Waals surface area contributed by atoms with E-state index in [1.807, 2.05) is 0 Å². The Balaban J connectivity index is 2.07. The third kappa shape index (κ3) is 5.86. The Morgan fingerprint density at radius 3 is 2.44 bits per heavy atom. The molecule has 1 rings (SSSR count). The summed E-state index contributed by atoms with van der Waals surface area (Å²) in [5, 5.41) is 0.